The first-order chi connectivity index (χ1) is 28.5. The Kier molecular flexibility index (Phi) is 40.3. The number of unbranched alkanes of at least 4 members (excludes halogenated alkanes) is 20. The van der Waals surface area contributed by atoms with Crippen LogP contribution in [-0.2, 0) is 18.4 Å². The van der Waals surface area contributed by atoms with Gasteiger partial charge in [0.05, 0.1) is 39.9 Å². The topological polar surface area (TPSA) is 105 Å². The van der Waals surface area contributed by atoms with E-state index >= 15 is 0 Å². The number of carbonyl (C=O) groups is 1. The Hall–Kier alpha value is -1.80. The maximum Gasteiger partial charge on any atom is 0.472 e. The average Bonchev–Trinajstić information content (AvgIpc) is 3.19. The van der Waals surface area contributed by atoms with Gasteiger partial charge in [-0.15, -0.1) is 0 Å². The van der Waals surface area contributed by atoms with E-state index in [4.69, 9.17) is 9.05 Å². The molecule has 3 unspecified atom stereocenters. The number of aliphatic hydroxyl groups excluding tert-OH is 1. The van der Waals surface area contributed by atoms with Crippen LogP contribution in [0.25, 0.3) is 0 Å². The summed E-state index contributed by atoms with van der Waals surface area (Å²) in [5.74, 6) is -0.152. The summed E-state index contributed by atoms with van der Waals surface area (Å²) in [6.07, 6.45) is 54.0. The minimum Gasteiger partial charge on any atom is -0.391 e. The Bertz CT molecular complexity index is 1140. The number of phosphoric ester groups is 1. The predicted molar refractivity (Wildman–Crippen MR) is 254 cm³/mol. The summed E-state index contributed by atoms with van der Waals surface area (Å²) in [6.45, 7) is 4.75. The molecule has 0 aliphatic heterocycles. The van der Waals surface area contributed by atoms with Crippen molar-refractivity contribution in [2.75, 3.05) is 40.9 Å². The molecule has 0 saturated carbocycles. The van der Waals surface area contributed by atoms with Crippen molar-refractivity contribution in [1.29, 1.82) is 0 Å². The standard InChI is InChI=1S/C50H93N2O6P/c1-6-8-10-12-14-16-18-19-20-21-22-23-24-25-26-27-28-29-30-31-32-33-34-36-38-40-42-44-50(54)51-48(47-58-59(55,56)57-46-45-52(3,4)5)49(53)43-41-39-37-35-17-15-13-11-9-7-2/h8,10,14,16,19-20,22-23,25-26,48-49,53H,6-7,9,11-13,15,17-18,21,24,27-47H2,1-5H3,(H-,51,54,55,56)/p+1/b10-8-,16-14-,20-19-,23-22-,26-25-. The zero-order valence-electron chi connectivity index (χ0n) is 39.0. The average molecular weight is 850 g/mol. The molecule has 3 N–H and O–H groups in total. The van der Waals surface area contributed by atoms with Crippen LogP contribution in [0.3, 0.4) is 0 Å². The molecule has 8 nitrogen and oxygen atoms in total. The number of quaternary nitrogens is 1. The Morgan fingerprint density at radius 1 is 0.593 bits per heavy atom. The fourth-order valence-electron chi connectivity index (χ4n) is 6.72. The van der Waals surface area contributed by atoms with Crippen molar-refractivity contribution in [1.82, 2.24) is 5.32 Å². The van der Waals surface area contributed by atoms with Gasteiger partial charge >= 0.3 is 7.82 Å². The van der Waals surface area contributed by atoms with Gasteiger partial charge < -0.3 is 19.8 Å². The maximum atomic E-state index is 12.9. The summed E-state index contributed by atoms with van der Waals surface area (Å²) in [5.41, 5.74) is 0. The number of amides is 1. The van der Waals surface area contributed by atoms with Crippen LogP contribution < -0.4 is 5.32 Å². The van der Waals surface area contributed by atoms with E-state index in [1.165, 1.54) is 103 Å². The van der Waals surface area contributed by atoms with Crippen molar-refractivity contribution in [2.45, 2.75) is 212 Å². The molecule has 0 saturated heterocycles. The molecule has 0 aromatic rings. The molecule has 344 valence electrons. The summed E-state index contributed by atoms with van der Waals surface area (Å²) in [5, 5.41) is 13.9. The molecule has 0 fully saturated rings. The van der Waals surface area contributed by atoms with E-state index in [0.29, 0.717) is 23.9 Å². The largest absolute Gasteiger partial charge is 0.472 e. The van der Waals surface area contributed by atoms with Gasteiger partial charge in [-0.1, -0.05) is 197 Å². The number of nitrogens with one attached hydrogen (secondary N) is 1. The van der Waals surface area contributed by atoms with Crippen LogP contribution >= 0.6 is 7.82 Å². The number of hydrogen-bond acceptors (Lipinski definition) is 5. The number of allylic oxidation sites excluding steroid dienone is 10. The number of phosphoric acid groups is 1. The molecule has 0 heterocycles. The van der Waals surface area contributed by atoms with E-state index in [1.54, 1.807) is 0 Å². The van der Waals surface area contributed by atoms with E-state index in [1.807, 2.05) is 21.1 Å². The van der Waals surface area contributed by atoms with Gasteiger partial charge in [0.1, 0.15) is 13.2 Å². The number of aliphatic hydroxyl groups is 1. The van der Waals surface area contributed by atoms with Gasteiger partial charge in [-0.05, 0) is 57.8 Å². The van der Waals surface area contributed by atoms with Crippen LogP contribution in [0.15, 0.2) is 60.8 Å². The molecule has 1 amide bonds. The Balaban J connectivity index is 4.15. The highest BCUT2D eigenvalue weighted by molar-refractivity contribution is 7.47. The number of carbonyl (C=O) groups excluding carboxylic acids is 1. The van der Waals surface area contributed by atoms with E-state index in [2.05, 4.69) is 79.9 Å². The summed E-state index contributed by atoms with van der Waals surface area (Å²) in [4.78, 5) is 23.2. The second-order valence-electron chi connectivity index (χ2n) is 17.5. The van der Waals surface area contributed by atoms with Crippen molar-refractivity contribution in [3.05, 3.63) is 60.8 Å². The lowest BCUT2D eigenvalue weighted by molar-refractivity contribution is -0.870. The normalized spacial score (nSPS) is 14.8. The van der Waals surface area contributed by atoms with Crippen LogP contribution in [0, 0.1) is 0 Å². The minimum absolute atomic E-state index is 0.0719. The zero-order chi connectivity index (χ0) is 43.6. The Labute approximate surface area is 364 Å². The molecular formula is C50H94N2O6P+. The molecule has 9 heteroatoms. The molecule has 0 radical (unpaired) electrons. The lowest BCUT2D eigenvalue weighted by Gasteiger charge is -2.26. The first kappa shape index (κ1) is 57.2. The van der Waals surface area contributed by atoms with Gasteiger partial charge in [0, 0.05) is 6.42 Å². The Morgan fingerprint density at radius 2 is 1.02 bits per heavy atom. The van der Waals surface area contributed by atoms with Crippen molar-refractivity contribution in [3.63, 3.8) is 0 Å². The molecule has 59 heavy (non-hydrogen) atoms. The molecule has 0 aliphatic carbocycles. The third-order valence-corrected chi connectivity index (χ3v) is 11.5. The van der Waals surface area contributed by atoms with E-state index in [9.17, 15) is 19.4 Å². The second-order valence-corrected chi connectivity index (χ2v) is 18.9. The number of nitrogens with zero attached hydrogens (tertiary/aromatic N) is 1. The lowest BCUT2D eigenvalue weighted by Crippen LogP contribution is -2.46. The molecule has 0 bridgehead atoms. The third-order valence-electron chi connectivity index (χ3n) is 10.5. The van der Waals surface area contributed by atoms with Gasteiger partial charge in [0.25, 0.3) is 0 Å². The zero-order valence-corrected chi connectivity index (χ0v) is 39.9. The van der Waals surface area contributed by atoms with Gasteiger partial charge in [0.2, 0.25) is 5.91 Å². The highest BCUT2D eigenvalue weighted by atomic mass is 31.2. The SMILES string of the molecule is CC/C=C\C/C=C\C/C=C\C/C=C\C/C=C\CCCCCCCCCCCCCC(=O)NC(COP(=O)(O)OCC[N+](C)(C)C)C(O)CCCCCCCCCCCC. The van der Waals surface area contributed by atoms with Crippen LogP contribution in [-0.4, -0.2) is 73.4 Å². The van der Waals surface area contributed by atoms with Crippen molar-refractivity contribution in [3.8, 4) is 0 Å². The van der Waals surface area contributed by atoms with Crippen molar-refractivity contribution in [2.24, 2.45) is 0 Å². The molecular weight excluding hydrogens is 756 g/mol. The summed E-state index contributed by atoms with van der Waals surface area (Å²) in [7, 11) is 1.61. The highest BCUT2D eigenvalue weighted by Gasteiger charge is 2.28. The monoisotopic (exact) mass is 850 g/mol. The minimum atomic E-state index is -4.31. The van der Waals surface area contributed by atoms with Crippen molar-refractivity contribution < 1.29 is 32.9 Å². The summed E-state index contributed by atoms with van der Waals surface area (Å²) < 4.78 is 23.6. The number of hydrogen-bond donors (Lipinski definition) is 3. The van der Waals surface area contributed by atoms with Gasteiger partial charge in [-0.2, -0.15) is 0 Å². The molecule has 0 aliphatic rings. The van der Waals surface area contributed by atoms with E-state index in [-0.39, 0.29) is 19.1 Å². The Morgan fingerprint density at radius 3 is 1.49 bits per heavy atom. The highest BCUT2D eigenvalue weighted by Crippen LogP contribution is 2.43. The fourth-order valence-corrected chi connectivity index (χ4v) is 7.46. The quantitative estimate of drug-likeness (QED) is 0.0244. The van der Waals surface area contributed by atoms with Crippen LogP contribution in [0.2, 0.25) is 0 Å². The first-order valence-electron chi connectivity index (χ1n) is 24.2. The van der Waals surface area contributed by atoms with E-state index in [0.717, 1.165) is 70.6 Å². The van der Waals surface area contributed by atoms with Crippen LogP contribution in [0.5, 0.6) is 0 Å². The molecule has 0 rings (SSSR count). The smallest absolute Gasteiger partial charge is 0.391 e. The van der Waals surface area contributed by atoms with Gasteiger partial charge in [0.15, 0.2) is 0 Å². The van der Waals surface area contributed by atoms with Crippen LogP contribution in [0.1, 0.15) is 200 Å². The number of rotatable bonds is 43. The fraction of sp³-hybridized carbons (Fsp3) is 0.780. The summed E-state index contributed by atoms with van der Waals surface area (Å²) in [6, 6.07) is -0.762. The number of likely N-dealkylation sites (N-methyl/N-ethyl adjacent to an activating group) is 1. The lowest BCUT2D eigenvalue weighted by atomic mass is 10.0. The predicted octanol–water partition coefficient (Wildman–Crippen LogP) is 13.8. The molecule has 0 spiro atoms. The maximum absolute atomic E-state index is 12.9. The summed E-state index contributed by atoms with van der Waals surface area (Å²) >= 11 is 0. The molecule has 3 atom stereocenters. The van der Waals surface area contributed by atoms with Crippen molar-refractivity contribution >= 4 is 13.7 Å². The second kappa shape index (κ2) is 41.5. The molecule has 0 aromatic heterocycles. The third kappa shape index (κ3) is 44.1. The first-order valence-corrected chi connectivity index (χ1v) is 25.6. The van der Waals surface area contributed by atoms with Gasteiger partial charge in [-0.25, -0.2) is 4.57 Å². The van der Waals surface area contributed by atoms with E-state index < -0.39 is 20.0 Å². The van der Waals surface area contributed by atoms with Gasteiger partial charge in [-0.3, -0.25) is 13.8 Å². The molecule has 0 aromatic carbocycles. The van der Waals surface area contributed by atoms with Crippen LogP contribution in [0.4, 0.5) is 0 Å².